The van der Waals surface area contributed by atoms with Gasteiger partial charge in [-0.3, -0.25) is 9.59 Å². The van der Waals surface area contributed by atoms with Gasteiger partial charge in [0, 0.05) is 25.2 Å². The van der Waals surface area contributed by atoms with Crippen LogP contribution in [-0.2, 0) is 22.7 Å². The molecular formula is C26H29FN2O2. The molecule has 1 atom stereocenters. The molecular weight excluding hydrogens is 391 g/mol. The van der Waals surface area contributed by atoms with E-state index in [-0.39, 0.29) is 30.1 Å². The van der Waals surface area contributed by atoms with Crippen molar-refractivity contribution in [2.45, 2.75) is 58.2 Å². The first-order chi connectivity index (χ1) is 15.1. The highest BCUT2D eigenvalue weighted by Gasteiger charge is 2.40. The number of rotatable bonds is 7. The Bertz CT molecular complexity index is 969. The van der Waals surface area contributed by atoms with E-state index in [0.29, 0.717) is 25.2 Å². The second kappa shape index (κ2) is 9.46. The number of hydrogen-bond donors (Lipinski definition) is 0. The topological polar surface area (TPSA) is 40.6 Å². The predicted octanol–water partition coefficient (Wildman–Crippen LogP) is 4.85. The zero-order valence-corrected chi connectivity index (χ0v) is 18.0. The van der Waals surface area contributed by atoms with E-state index in [1.165, 1.54) is 12.1 Å². The van der Waals surface area contributed by atoms with Gasteiger partial charge in [0.05, 0.1) is 12.5 Å². The SMILES string of the molecule is CCN(Cc1ccccc1)C(=O)CC1=C2CCCCC2N(Cc2ccc(F)cc2)C1=O. The number of benzene rings is 2. The minimum Gasteiger partial charge on any atom is -0.338 e. The Kier molecular flexibility index (Phi) is 6.50. The highest BCUT2D eigenvalue weighted by Crippen LogP contribution is 2.39. The van der Waals surface area contributed by atoms with Gasteiger partial charge in [-0.15, -0.1) is 0 Å². The molecule has 4 rings (SSSR count). The van der Waals surface area contributed by atoms with Crippen molar-refractivity contribution < 1.29 is 14.0 Å². The summed E-state index contributed by atoms with van der Waals surface area (Å²) in [5.41, 5.74) is 3.82. The van der Waals surface area contributed by atoms with Crippen molar-refractivity contribution in [1.82, 2.24) is 9.80 Å². The van der Waals surface area contributed by atoms with Crippen LogP contribution in [0.15, 0.2) is 65.7 Å². The van der Waals surface area contributed by atoms with Gasteiger partial charge >= 0.3 is 0 Å². The number of hydrogen-bond acceptors (Lipinski definition) is 2. The summed E-state index contributed by atoms with van der Waals surface area (Å²) in [6.07, 6.45) is 4.11. The third-order valence-corrected chi connectivity index (χ3v) is 6.40. The van der Waals surface area contributed by atoms with Crippen LogP contribution in [0, 0.1) is 5.82 Å². The number of fused-ring (bicyclic) bond motifs is 1. The smallest absolute Gasteiger partial charge is 0.251 e. The highest BCUT2D eigenvalue weighted by molar-refractivity contribution is 6.02. The van der Waals surface area contributed by atoms with Gasteiger partial charge in [-0.25, -0.2) is 4.39 Å². The van der Waals surface area contributed by atoms with Gasteiger partial charge in [0.2, 0.25) is 5.91 Å². The average molecular weight is 421 g/mol. The molecule has 1 heterocycles. The molecule has 5 heteroatoms. The molecule has 0 radical (unpaired) electrons. The molecule has 1 fully saturated rings. The average Bonchev–Trinajstić information content (AvgIpc) is 3.05. The van der Waals surface area contributed by atoms with Crippen molar-refractivity contribution >= 4 is 11.8 Å². The van der Waals surface area contributed by atoms with Crippen LogP contribution in [0.2, 0.25) is 0 Å². The number of nitrogens with zero attached hydrogens (tertiary/aromatic N) is 2. The third-order valence-electron chi connectivity index (χ3n) is 6.40. The minimum atomic E-state index is -0.280. The van der Waals surface area contributed by atoms with E-state index in [0.717, 1.165) is 42.4 Å². The maximum atomic E-state index is 13.4. The fourth-order valence-corrected chi connectivity index (χ4v) is 4.74. The Morgan fingerprint density at radius 2 is 1.81 bits per heavy atom. The zero-order chi connectivity index (χ0) is 21.8. The summed E-state index contributed by atoms with van der Waals surface area (Å²) in [6, 6.07) is 16.3. The van der Waals surface area contributed by atoms with E-state index in [2.05, 4.69) is 0 Å². The van der Waals surface area contributed by atoms with Crippen molar-refractivity contribution in [1.29, 1.82) is 0 Å². The van der Waals surface area contributed by atoms with Crippen molar-refractivity contribution in [2.24, 2.45) is 0 Å². The summed E-state index contributed by atoms with van der Waals surface area (Å²) in [4.78, 5) is 30.2. The molecule has 4 nitrogen and oxygen atoms in total. The van der Waals surface area contributed by atoms with Crippen molar-refractivity contribution in [3.05, 3.63) is 82.7 Å². The molecule has 2 amide bonds. The van der Waals surface area contributed by atoms with Crippen LogP contribution in [0.25, 0.3) is 0 Å². The molecule has 2 aliphatic rings. The Labute approximate surface area is 183 Å². The lowest BCUT2D eigenvalue weighted by Gasteiger charge is -2.30. The maximum absolute atomic E-state index is 13.4. The van der Waals surface area contributed by atoms with Gasteiger partial charge in [-0.1, -0.05) is 48.9 Å². The van der Waals surface area contributed by atoms with Crippen molar-refractivity contribution in [3.63, 3.8) is 0 Å². The predicted molar refractivity (Wildman–Crippen MR) is 118 cm³/mol. The monoisotopic (exact) mass is 420 g/mol. The standard InChI is InChI=1S/C26H29FN2O2/c1-2-28(17-19-8-4-3-5-9-19)25(30)16-23-22-10-6-7-11-24(22)29(26(23)31)18-20-12-14-21(27)15-13-20/h3-5,8-9,12-15,24H,2,6-7,10-11,16-18H2,1H3. The molecule has 0 bridgehead atoms. The molecule has 31 heavy (non-hydrogen) atoms. The number of carbonyl (C=O) groups excluding carboxylic acids is 2. The first-order valence-corrected chi connectivity index (χ1v) is 11.2. The lowest BCUT2D eigenvalue weighted by Crippen LogP contribution is -2.36. The van der Waals surface area contributed by atoms with E-state index in [1.54, 1.807) is 12.1 Å². The molecule has 1 aliphatic carbocycles. The molecule has 0 aromatic heterocycles. The van der Waals surface area contributed by atoms with Crippen LogP contribution in [0.4, 0.5) is 4.39 Å². The van der Waals surface area contributed by atoms with E-state index < -0.39 is 0 Å². The maximum Gasteiger partial charge on any atom is 0.251 e. The largest absolute Gasteiger partial charge is 0.338 e. The van der Waals surface area contributed by atoms with Gasteiger partial charge < -0.3 is 9.80 Å². The quantitative estimate of drug-likeness (QED) is 0.643. The van der Waals surface area contributed by atoms with Gasteiger partial charge in [0.1, 0.15) is 5.82 Å². The first kappa shape index (κ1) is 21.3. The van der Waals surface area contributed by atoms with Crippen LogP contribution in [0.3, 0.4) is 0 Å². The molecule has 1 unspecified atom stereocenters. The van der Waals surface area contributed by atoms with Crippen LogP contribution < -0.4 is 0 Å². The normalized spacial score (nSPS) is 18.3. The zero-order valence-electron chi connectivity index (χ0n) is 18.0. The van der Waals surface area contributed by atoms with Gasteiger partial charge in [-0.2, -0.15) is 0 Å². The molecule has 0 N–H and O–H groups in total. The molecule has 1 aliphatic heterocycles. The van der Waals surface area contributed by atoms with Crippen molar-refractivity contribution in [2.75, 3.05) is 6.54 Å². The molecule has 162 valence electrons. The van der Waals surface area contributed by atoms with Crippen LogP contribution in [-0.4, -0.2) is 34.2 Å². The van der Waals surface area contributed by atoms with Gasteiger partial charge in [0.25, 0.3) is 5.91 Å². The number of amides is 2. The summed E-state index contributed by atoms with van der Waals surface area (Å²) in [5, 5.41) is 0. The van der Waals surface area contributed by atoms with Crippen LogP contribution >= 0.6 is 0 Å². The van der Waals surface area contributed by atoms with E-state index in [4.69, 9.17) is 0 Å². The molecule has 2 aromatic rings. The second-order valence-electron chi connectivity index (χ2n) is 8.40. The Morgan fingerprint density at radius 3 is 2.52 bits per heavy atom. The second-order valence-corrected chi connectivity index (χ2v) is 8.40. The first-order valence-electron chi connectivity index (χ1n) is 11.2. The van der Waals surface area contributed by atoms with E-state index in [9.17, 15) is 14.0 Å². The number of halogens is 1. The lowest BCUT2D eigenvalue weighted by molar-refractivity contribution is -0.133. The lowest BCUT2D eigenvalue weighted by atomic mass is 9.88. The van der Waals surface area contributed by atoms with Crippen molar-refractivity contribution in [3.8, 4) is 0 Å². The van der Waals surface area contributed by atoms with Gasteiger partial charge in [0.15, 0.2) is 0 Å². The fourth-order valence-electron chi connectivity index (χ4n) is 4.74. The summed E-state index contributed by atoms with van der Waals surface area (Å²) < 4.78 is 13.3. The summed E-state index contributed by atoms with van der Waals surface area (Å²) in [6.45, 7) is 3.58. The Morgan fingerprint density at radius 1 is 1.06 bits per heavy atom. The third kappa shape index (κ3) is 4.71. The summed E-state index contributed by atoms with van der Waals surface area (Å²) in [5.74, 6) is -0.317. The molecule has 1 saturated carbocycles. The summed E-state index contributed by atoms with van der Waals surface area (Å²) in [7, 11) is 0. The fraction of sp³-hybridized carbons (Fsp3) is 0.385. The Balaban J connectivity index is 1.51. The van der Waals surface area contributed by atoms with Crippen LogP contribution in [0.5, 0.6) is 0 Å². The minimum absolute atomic E-state index is 0.00448. The molecule has 0 saturated heterocycles. The van der Waals surface area contributed by atoms with Crippen LogP contribution in [0.1, 0.15) is 50.2 Å². The highest BCUT2D eigenvalue weighted by atomic mass is 19.1. The Hall–Kier alpha value is -2.95. The molecule has 0 spiro atoms. The van der Waals surface area contributed by atoms with Gasteiger partial charge in [-0.05, 0) is 55.0 Å². The van der Waals surface area contributed by atoms with E-state index in [1.807, 2.05) is 47.1 Å². The van der Waals surface area contributed by atoms with E-state index >= 15 is 0 Å². The number of carbonyl (C=O) groups is 2. The summed E-state index contributed by atoms with van der Waals surface area (Å²) >= 11 is 0. The molecule has 2 aromatic carbocycles.